The monoisotopic (exact) mass is 437 g/mol. The number of amides is 4. The van der Waals surface area contributed by atoms with Crippen LogP contribution >= 0.6 is 0 Å². The van der Waals surface area contributed by atoms with E-state index in [1.807, 2.05) is 7.05 Å². The number of anilines is 1. The zero-order chi connectivity index (χ0) is 22.4. The maximum atomic E-state index is 13.0. The molecule has 3 aliphatic rings. The summed E-state index contributed by atoms with van der Waals surface area (Å²) in [6.45, 7) is 1.35. The number of imide groups is 2. The first-order valence-electron chi connectivity index (χ1n) is 10.6. The number of aromatic nitrogens is 3. The second-order valence-electron chi connectivity index (χ2n) is 8.25. The van der Waals surface area contributed by atoms with E-state index in [4.69, 9.17) is 0 Å². The molecule has 3 N–H and O–H groups in total. The lowest BCUT2D eigenvalue weighted by molar-refractivity contribution is -0.136. The Morgan fingerprint density at radius 1 is 1.12 bits per heavy atom. The van der Waals surface area contributed by atoms with E-state index in [0.29, 0.717) is 12.5 Å². The van der Waals surface area contributed by atoms with Gasteiger partial charge in [-0.1, -0.05) is 6.07 Å². The van der Waals surface area contributed by atoms with Crippen LogP contribution in [-0.4, -0.2) is 55.9 Å². The van der Waals surface area contributed by atoms with E-state index >= 15 is 0 Å². The normalized spacial score (nSPS) is 23.0. The number of nitrogens with one attached hydrogen (secondary N) is 3. The van der Waals surface area contributed by atoms with Crippen LogP contribution in [0.3, 0.4) is 0 Å². The van der Waals surface area contributed by atoms with Crippen molar-refractivity contribution in [1.29, 1.82) is 0 Å². The Hall–Kier alpha value is -3.60. The largest absolute Gasteiger partial charge is 0.350 e. The molecule has 0 spiro atoms. The minimum absolute atomic E-state index is 0.0923. The molecule has 2 atom stereocenters. The van der Waals surface area contributed by atoms with E-state index in [1.54, 1.807) is 22.9 Å². The Morgan fingerprint density at radius 2 is 1.94 bits per heavy atom. The molecule has 1 aromatic heterocycles. The minimum atomic E-state index is -0.970. The number of fused-ring (bicyclic) bond motifs is 1. The summed E-state index contributed by atoms with van der Waals surface area (Å²) >= 11 is 0. The SMILES string of the molecule is Cn1nc([C@@H]2CCCN2)nc1NCc1ccc2c(c1)C(=O)N(C1CCC(=O)NC1=O)C2=O. The van der Waals surface area contributed by atoms with Crippen LogP contribution in [0.15, 0.2) is 18.2 Å². The lowest BCUT2D eigenvalue weighted by atomic mass is 10.0. The average Bonchev–Trinajstić information content (AvgIpc) is 3.48. The summed E-state index contributed by atoms with van der Waals surface area (Å²) in [6.07, 6.45) is 2.33. The maximum Gasteiger partial charge on any atom is 0.262 e. The summed E-state index contributed by atoms with van der Waals surface area (Å²) in [6, 6.07) is 4.22. The summed E-state index contributed by atoms with van der Waals surface area (Å²) in [4.78, 5) is 54.9. The van der Waals surface area contributed by atoms with Gasteiger partial charge in [0.1, 0.15) is 6.04 Å². The van der Waals surface area contributed by atoms with Gasteiger partial charge in [-0.15, -0.1) is 0 Å². The third kappa shape index (κ3) is 3.44. The first-order chi connectivity index (χ1) is 15.4. The van der Waals surface area contributed by atoms with Crippen molar-refractivity contribution >= 4 is 29.6 Å². The van der Waals surface area contributed by atoms with Crippen LogP contribution in [0.25, 0.3) is 0 Å². The minimum Gasteiger partial charge on any atom is -0.350 e. The predicted molar refractivity (Wildman–Crippen MR) is 111 cm³/mol. The zero-order valence-corrected chi connectivity index (χ0v) is 17.6. The first kappa shape index (κ1) is 20.3. The molecule has 11 nitrogen and oxygen atoms in total. The van der Waals surface area contributed by atoms with Gasteiger partial charge in [-0.05, 0) is 43.5 Å². The third-order valence-corrected chi connectivity index (χ3v) is 6.11. The van der Waals surface area contributed by atoms with E-state index in [2.05, 4.69) is 26.0 Å². The molecule has 2 fully saturated rings. The molecule has 32 heavy (non-hydrogen) atoms. The molecule has 11 heteroatoms. The van der Waals surface area contributed by atoms with E-state index < -0.39 is 29.7 Å². The highest BCUT2D eigenvalue weighted by Crippen LogP contribution is 2.28. The molecule has 5 rings (SSSR count). The van der Waals surface area contributed by atoms with Crippen LogP contribution < -0.4 is 16.0 Å². The van der Waals surface area contributed by atoms with Gasteiger partial charge >= 0.3 is 0 Å². The quantitative estimate of drug-likeness (QED) is 0.566. The molecule has 4 heterocycles. The molecule has 4 amide bonds. The molecule has 0 aliphatic carbocycles. The van der Waals surface area contributed by atoms with Crippen LogP contribution in [0.5, 0.6) is 0 Å². The fourth-order valence-electron chi connectivity index (χ4n) is 4.42. The number of nitrogens with zero attached hydrogens (tertiary/aromatic N) is 4. The number of hydrogen-bond acceptors (Lipinski definition) is 8. The Morgan fingerprint density at radius 3 is 2.69 bits per heavy atom. The number of carbonyl (C=O) groups excluding carboxylic acids is 4. The van der Waals surface area contributed by atoms with E-state index in [-0.39, 0.29) is 30.0 Å². The average molecular weight is 437 g/mol. The van der Waals surface area contributed by atoms with Crippen molar-refractivity contribution in [1.82, 2.24) is 30.3 Å². The van der Waals surface area contributed by atoms with Crippen LogP contribution in [0.4, 0.5) is 5.95 Å². The standard InChI is InChI=1S/C21H23N7O4/c1-27-21(25-17(26-27)14-3-2-8-22-14)23-10-11-4-5-12-13(9-11)20(32)28(19(12)31)15-6-7-16(29)24-18(15)30/h4-5,9,14-15,22H,2-3,6-8,10H2,1H3,(H,23,25,26)(H,24,29,30)/t14-,15?/m0/s1. The Bertz CT molecular complexity index is 1140. The summed E-state index contributed by atoms with van der Waals surface area (Å²) in [5.74, 6) is -0.682. The van der Waals surface area contributed by atoms with Crippen LogP contribution in [0.2, 0.25) is 0 Å². The van der Waals surface area contributed by atoms with Crippen molar-refractivity contribution in [2.75, 3.05) is 11.9 Å². The van der Waals surface area contributed by atoms with Gasteiger partial charge in [0, 0.05) is 20.0 Å². The molecule has 2 saturated heterocycles. The van der Waals surface area contributed by atoms with Gasteiger partial charge in [-0.3, -0.25) is 29.4 Å². The topological polar surface area (TPSA) is 138 Å². The zero-order valence-electron chi connectivity index (χ0n) is 17.6. The summed E-state index contributed by atoms with van der Waals surface area (Å²) in [5, 5.41) is 13.3. The van der Waals surface area contributed by atoms with Crippen LogP contribution in [0, 0.1) is 0 Å². The summed E-state index contributed by atoms with van der Waals surface area (Å²) in [5.41, 5.74) is 1.31. The van der Waals surface area contributed by atoms with Crippen LogP contribution in [0.1, 0.15) is 63.8 Å². The molecular weight excluding hydrogens is 414 g/mol. The second-order valence-corrected chi connectivity index (χ2v) is 8.25. The highest BCUT2D eigenvalue weighted by atomic mass is 16.2. The van der Waals surface area contributed by atoms with Gasteiger partial charge in [0.05, 0.1) is 17.2 Å². The molecule has 3 aliphatic heterocycles. The van der Waals surface area contributed by atoms with Gasteiger partial charge in [0.25, 0.3) is 11.8 Å². The number of benzene rings is 1. The fourth-order valence-corrected chi connectivity index (χ4v) is 4.42. The Kier molecular flexibility index (Phi) is 4.97. The molecule has 0 saturated carbocycles. The summed E-state index contributed by atoms with van der Waals surface area (Å²) < 4.78 is 1.68. The van der Waals surface area contributed by atoms with E-state index in [0.717, 1.165) is 35.7 Å². The molecule has 1 unspecified atom stereocenters. The Labute approximate surface area is 183 Å². The van der Waals surface area contributed by atoms with Crippen molar-refractivity contribution in [3.63, 3.8) is 0 Å². The lowest BCUT2D eigenvalue weighted by Crippen LogP contribution is -2.54. The summed E-state index contributed by atoms with van der Waals surface area (Å²) in [7, 11) is 1.82. The molecule has 0 bridgehead atoms. The van der Waals surface area contributed by atoms with Gasteiger partial charge in [-0.2, -0.15) is 10.1 Å². The van der Waals surface area contributed by atoms with Crippen molar-refractivity contribution in [2.24, 2.45) is 7.05 Å². The predicted octanol–water partition coefficient (Wildman–Crippen LogP) is 0.253. The number of piperidine rings is 1. The number of rotatable bonds is 5. The van der Waals surface area contributed by atoms with Crippen molar-refractivity contribution < 1.29 is 19.2 Å². The number of aryl methyl sites for hydroxylation is 1. The molecule has 0 radical (unpaired) electrons. The van der Waals surface area contributed by atoms with Crippen molar-refractivity contribution in [2.45, 2.75) is 44.3 Å². The second kappa shape index (κ2) is 7.83. The van der Waals surface area contributed by atoms with E-state index in [1.165, 1.54) is 0 Å². The van der Waals surface area contributed by atoms with Crippen molar-refractivity contribution in [3.05, 3.63) is 40.7 Å². The fraction of sp³-hybridized carbons (Fsp3) is 0.429. The smallest absolute Gasteiger partial charge is 0.262 e. The number of carbonyl (C=O) groups is 4. The molecular formula is C21H23N7O4. The van der Waals surface area contributed by atoms with Gasteiger partial charge < -0.3 is 10.6 Å². The van der Waals surface area contributed by atoms with Crippen LogP contribution in [-0.2, 0) is 23.2 Å². The van der Waals surface area contributed by atoms with Crippen molar-refractivity contribution in [3.8, 4) is 0 Å². The third-order valence-electron chi connectivity index (χ3n) is 6.11. The maximum absolute atomic E-state index is 13.0. The highest BCUT2D eigenvalue weighted by Gasteiger charge is 2.44. The highest BCUT2D eigenvalue weighted by molar-refractivity contribution is 6.23. The first-order valence-corrected chi connectivity index (χ1v) is 10.6. The van der Waals surface area contributed by atoms with Gasteiger partial charge in [0.15, 0.2) is 5.82 Å². The van der Waals surface area contributed by atoms with Gasteiger partial charge in [0.2, 0.25) is 17.8 Å². The Balaban J connectivity index is 1.31. The molecule has 1 aromatic carbocycles. The number of hydrogen-bond donors (Lipinski definition) is 3. The molecule has 2 aromatic rings. The van der Waals surface area contributed by atoms with E-state index in [9.17, 15) is 19.2 Å². The lowest BCUT2D eigenvalue weighted by Gasteiger charge is -2.27. The molecule has 166 valence electrons. The van der Waals surface area contributed by atoms with Gasteiger partial charge in [-0.25, -0.2) is 4.68 Å².